The highest BCUT2D eigenvalue weighted by Gasteiger charge is 2.01. The zero-order valence-electron chi connectivity index (χ0n) is 10.7. The van der Waals surface area contributed by atoms with Crippen molar-refractivity contribution in [2.75, 3.05) is 26.8 Å². The first kappa shape index (κ1) is 13.2. The Hall–Kier alpha value is -0.860. The SMILES string of the molecule is COCCNCCCc1c(C)cccc1C. The molecule has 0 aromatic heterocycles. The zero-order chi connectivity index (χ0) is 11.8. The topological polar surface area (TPSA) is 21.3 Å². The predicted octanol–water partition coefficient (Wildman–Crippen LogP) is 2.47. The van der Waals surface area contributed by atoms with Gasteiger partial charge in [0.15, 0.2) is 0 Å². The number of hydrogen-bond acceptors (Lipinski definition) is 2. The van der Waals surface area contributed by atoms with Gasteiger partial charge in [0, 0.05) is 13.7 Å². The molecule has 0 fully saturated rings. The van der Waals surface area contributed by atoms with Crippen LogP contribution in [0.25, 0.3) is 0 Å². The Kier molecular flexibility index (Phi) is 6.12. The standard InChI is InChI=1S/C14H23NO/c1-12-6-4-7-13(2)14(12)8-5-9-15-10-11-16-3/h4,6-7,15H,5,8-11H2,1-3H3. The Bertz CT molecular complexity index is 289. The van der Waals surface area contributed by atoms with Crippen LogP contribution in [0.1, 0.15) is 23.1 Å². The quantitative estimate of drug-likeness (QED) is 0.714. The van der Waals surface area contributed by atoms with Crippen molar-refractivity contribution < 1.29 is 4.74 Å². The molecule has 0 saturated carbocycles. The van der Waals surface area contributed by atoms with Gasteiger partial charge in [-0.2, -0.15) is 0 Å². The first-order valence-electron chi connectivity index (χ1n) is 6.00. The van der Waals surface area contributed by atoms with Gasteiger partial charge >= 0.3 is 0 Å². The average molecular weight is 221 g/mol. The summed E-state index contributed by atoms with van der Waals surface area (Å²) in [4.78, 5) is 0. The summed E-state index contributed by atoms with van der Waals surface area (Å²) in [6, 6.07) is 6.52. The van der Waals surface area contributed by atoms with Crippen LogP contribution in [0.3, 0.4) is 0 Å². The van der Waals surface area contributed by atoms with E-state index in [-0.39, 0.29) is 0 Å². The van der Waals surface area contributed by atoms with Gasteiger partial charge < -0.3 is 10.1 Å². The van der Waals surface area contributed by atoms with Crippen molar-refractivity contribution in [3.8, 4) is 0 Å². The van der Waals surface area contributed by atoms with Crippen molar-refractivity contribution in [1.82, 2.24) is 5.32 Å². The predicted molar refractivity (Wildman–Crippen MR) is 69.0 cm³/mol. The van der Waals surface area contributed by atoms with E-state index in [4.69, 9.17) is 4.74 Å². The van der Waals surface area contributed by atoms with E-state index < -0.39 is 0 Å². The molecule has 0 aliphatic rings. The Morgan fingerprint density at radius 2 is 1.81 bits per heavy atom. The van der Waals surface area contributed by atoms with Gasteiger partial charge in [0.1, 0.15) is 0 Å². The Labute approximate surface area is 99.0 Å². The molecule has 0 aliphatic carbocycles. The van der Waals surface area contributed by atoms with Gasteiger partial charge in [-0.15, -0.1) is 0 Å². The van der Waals surface area contributed by atoms with Crippen LogP contribution in [0.2, 0.25) is 0 Å². The molecule has 0 aliphatic heterocycles. The molecule has 0 amide bonds. The smallest absolute Gasteiger partial charge is 0.0587 e. The fraction of sp³-hybridized carbons (Fsp3) is 0.571. The minimum atomic E-state index is 0.795. The summed E-state index contributed by atoms with van der Waals surface area (Å²) in [7, 11) is 1.73. The Morgan fingerprint density at radius 3 is 2.44 bits per heavy atom. The second-order valence-electron chi connectivity index (χ2n) is 4.22. The van der Waals surface area contributed by atoms with Gasteiger partial charge in [-0.1, -0.05) is 18.2 Å². The molecule has 2 heteroatoms. The van der Waals surface area contributed by atoms with Crippen LogP contribution in [0, 0.1) is 13.8 Å². The molecule has 0 bridgehead atoms. The zero-order valence-corrected chi connectivity index (χ0v) is 10.7. The lowest BCUT2D eigenvalue weighted by Gasteiger charge is -2.09. The van der Waals surface area contributed by atoms with Crippen LogP contribution in [0.15, 0.2) is 18.2 Å². The molecule has 16 heavy (non-hydrogen) atoms. The second kappa shape index (κ2) is 7.42. The highest BCUT2D eigenvalue weighted by molar-refractivity contribution is 5.33. The van der Waals surface area contributed by atoms with Crippen molar-refractivity contribution in [2.24, 2.45) is 0 Å². The van der Waals surface area contributed by atoms with E-state index in [1.807, 2.05) is 0 Å². The minimum Gasteiger partial charge on any atom is -0.383 e. The number of hydrogen-bond donors (Lipinski definition) is 1. The Morgan fingerprint density at radius 1 is 1.12 bits per heavy atom. The van der Waals surface area contributed by atoms with Crippen molar-refractivity contribution in [3.05, 3.63) is 34.9 Å². The molecule has 0 heterocycles. The Balaban J connectivity index is 2.26. The number of rotatable bonds is 7. The molecule has 0 spiro atoms. The van der Waals surface area contributed by atoms with E-state index in [2.05, 4.69) is 37.4 Å². The van der Waals surface area contributed by atoms with Crippen molar-refractivity contribution in [3.63, 3.8) is 0 Å². The number of benzene rings is 1. The minimum absolute atomic E-state index is 0.795. The van der Waals surface area contributed by atoms with Gasteiger partial charge in [-0.05, 0) is 49.9 Å². The van der Waals surface area contributed by atoms with Gasteiger partial charge in [0.05, 0.1) is 6.61 Å². The summed E-state index contributed by atoms with van der Waals surface area (Å²) in [6.45, 7) is 7.20. The van der Waals surface area contributed by atoms with Gasteiger partial charge in [0.25, 0.3) is 0 Å². The molecule has 1 rings (SSSR count). The van der Waals surface area contributed by atoms with Gasteiger partial charge in [-0.3, -0.25) is 0 Å². The highest BCUT2D eigenvalue weighted by Crippen LogP contribution is 2.14. The van der Waals surface area contributed by atoms with E-state index in [1.54, 1.807) is 7.11 Å². The van der Waals surface area contributed by atoms with Gasteiger partial charge in [0.2, 0.25) is 0 Å². The van der Waals surface area contributed by atoms with E-state index >= 15 is 0 Å². The molecule has 0 atom stereocenters. The highest BCUT2D eigenvalue weighted by atomic mass is 16.5. The third kappa shape index (κ3) is 4.33. The number of ether oxygens (including phenoxy) is 1. The summed E-state index contributed by atoms with van der Waals surface area (Å²) >= 11 is 0. The van der Waals surface area contributed by atoms with Crippen molar-refractivity contribution in [1.29, 1.82) is 0 Å². The lowest BCUT2D eigenvalue weighted by Crippen LogP contribution is -2.20. The average Bonchev–Trinajstić information content (AvgIpc) is 2.26. The first-order chi connectivity index (χ1) is 7.75. The molecule has 0 unspecified atom stereocenters. The lowest BCUT2D eigenvalue weighted by molar-refractivity contribution is 0.199. The van der Waals surface area contributed by atoms with Crippen LogP contribution in [0.4, 0.5) is 0 Å². The third-order valence-corrected chi connectivity index (χ3v) is 2.91. The molecule has 2 nitrogen and oxygen atoms in total. The van der Waals surface area contributed by atoms with E-state index in [0.717, 1.165) is 19.7 Å². The summed E-state index contributed by atoms with van der Waals surface area (Å²) in [5.74, 6) is 0. The normalized spacial score (nSPS) is 10.7. The second-order valence-corrected chi connectivity index (χ2v) is 4.22. The van der Waals surface area contributed by atoms with Crippen LogP contribution >= 0.6 is 0 Å². The van der Waals surface area contributed by atoms with Crippen molar-refractivity contribution in [2.45, 2.75) is 26.7 Å². The molecular weight excluding hydrogens is 198 g/mol. The lowest BCUT2D eigenvalue weighted by atomic mass is 9.99. The van der Waals surface area contributed by atoms with Crippen LogP contribution in [0.5, 0.6) is 0 Å². The molecule has 1 aromatic carbocycles. The molecular formula is C14H23NO. The van der Waals surface area contributed by atoms with E-state index in [0.29, 0.717) is 0 Å². The van der Waals surface area contributed by atoms with E-state index in [1.165, 1.54) is 29.5 Å². The largest absolute Gasteiger partial charge is 0.383 e. The number of methoxy groups -OCH3 is 1. The number of aryl methyl sites for hydroxylation is 2. The summed E-state index contributed by atoms with van der Waals surface area (Å²) in [5.41, 5.74) is 4.34. The maximum Gasteiger partial charge on any atom is 0.0587 e. The monoisotopic (exact) mass is 221 g/mol. The summed E-state index contributed by atoms with van der Waals surface area (Å²) in [5, 5.41) is 3.37. The summed E-state index contributed by atoms with van der Waals surface area (Å²) in [6.07, 6.45) is 2.36. The molecule has 0 radical (unpaired) electrons. The third-order valence-electron chi connectivity index (χ3n) is 2.91. The summed E-state index contributed by atoms with van der Waals surface area (Å²) < 4.78 is 4.98. The van der Waals surface area contributed by atoms with Crippen LogP contribution in [-0.2, 0) is 11.2 Å². The first-order valence-corrected chi connectivity index (χ1v) is 6.00. The molecule has 0 saturated heterocycles. The van der Waals surface area contributed by atoms with E-state index in [9.17, 15) is 0 Å². The van der Waals surface area contributed by atoms with Crippen LogP contribution in [-0.4, -0.2) is 26.8 Å². The van der Waals surface area contributed by atoms with Crippen molar-refractivity contribution >= 4 is 0 Å². The number of nitrogens with one attached hydrogen (secondary N) is 1. The molecule has 90 valence electrons. The molecule has 1 N–H and O–H groups in total. The van der Waals surface area contributed by atoms with Gasteiger partial charge in [-0.25, -0.2) is 0 Å². The maximum absolute atomic E-state index is 4.98. The van der Waals surface area contributed by atoms with Crippen LogP contribution < -0.4 is 5.32 Å². The fourth-order valence-corrected chi connectivity index (χ4v) is 1.93. The maximum atomic E-state index is 4.98. The fourth-order valence-electron chi connectivity index (χ4n) is 1.93. The molecule has 1 aromatic rings.